The van der Waals surface area contributed by atoms with Crippen LogP contribution in [-0.2, 0) is 13.1 Å². The number of amides is 1. The fraction of sp³-hybridized carbons (Fsp3) is 0.389. The molecule has 1 N–H and O–H groups in total. The van der Waals surface area contributed by atoms with Gasteiger partial charge in [-0.25, -0.2) is 4.68 Å². The van der Waals surface area contributed by atoms with Gasteiger partial charge in [-0.15, -0.1) is 0 Å². The molecule has 0 atom stereocenters. The lowest BCUT2D eigenvalue weighted by Gasteiger charge is -2.10. The van der Waals surface area contributed by atoms with Crippen LogP contribution in [0.3, 0.4) is 0 Å². The van der Waals surface area contributed by atoms with E-state index in [9.17, 15) is 22.8 Å². The Hall–Kier alpha value is -2.84. The molecule has 0 fully saturated rings. The van der Waals surface area contributed by atoms with Crippen molar-refractivity contribution in [3.8, 4) is 5.75 Å². The Morgan fingerprint density at radius 3 is 2.52 bits per heavy atom. The van der Waals surface area contributed by atoms with Gasteiger partial charge >= 0.3 is 6.18 Å². The molecule has 27 heavy (non-hydrogen) atoms. The quantitative estimate of drug-likeness (QED) is 0.761. The van der Waals surface area contributed by atoms with Crippen LogP contribution in [0.2, 0.25) is 0 Å². The summed E-state index contributed by atoms with van der Waals surface area (Å²) in [5, 5.41) is 6.71. The molecule has 0 radical (unpaired) electrons. The van der Waals surface area contributed by atoms with Gasteiger partial charge in [-0.2, -0.15) is 18.3 Å². The van der Waals surface area contributed by atoms with Gasteiger partial charge in [0, 0.05) is 19.2 Å². The molecule has 9 heteroatoms. The number of nitrogens with one attached hydrogen (secondary N) is 1. The van der Waals surface area contributed by atoms with E-state index in [4.69, 9.17) is 0 Å². The van der Waals surface area contributed by atoms with Gasteiger partial charge < -0.3 is 10.1 Å². The molecule has 0 aliphatic rings. The summed E-state index contributed by atoms with van der Waals surface area (Å²) >= 11 is 0. The second-order valence-electron chi connectivity index (χ2n) is 5.86. The van der Waals surface area contributed by atoms with Gasteiger partial charge in [0.2, 0.25) is 0 Å². The Kier molecular flexibility index (Phi) is 6.98. The second-order valence-corrected chi connectivity index (χ2v) is 5.86. The minimum absolute atomic E-state index is 0.0899. The lowest BCUT2D eigenvalue weighted by atomic mass is 10.2. The Morgan fingerprint density at radius 2 is 1.89 bits per heavy atom. The van der Waals surface area contributed by atoms with Crippen molar-refractivity contribution in [2.75, 3.05) is 6.61 Å². The Bertz CT molecular complexity index is 817. The first-order valence-corrected chi connectivity index (χ1v) is 8.43. The zero-order chi connectivity index (χ0) is 19.9. The van der Waals surface area contributed by atoms with Crippen LogP contribution in [0, 0.1) is 0 Å². The van der Waals surface area contributed by atoms with Gasteiger partial charge in [0.25, 0.3) is 11.5 Å². The van der Waals surface area contributed by atoms with Gasteiger partial charge in [-0.05, 0) is 30.2 Å². The summed E-state index contributed by atoms with van der Waals surface area (Å²) in [5.74, 6) is -0.357. The second kappa shape index (κ2) is 9.20. The van der Waals surface area contributed by atoms with E-state index in [1.807, 2.05) is 6.92 Å². The minimum Gasteiger partial charge on any atom is -0.484 e. The maximum Gasteiger partial charge on any atom is 0.422 e. The number of hydrogen-bond acceptors (Lipinski definition) is 4. The van der Waals surface area contributed by atoms with E-state index in [1.54, 1.807) is 12.1 Å². The summed E-state index contributed by atoms with van der Waals surface area (Å²) in [7, 11) is 0. The predicted molar refractivity (Wildman–Crippen MR) is 92.6 cm³/mol. The molecule has 0 saturated carbocycles. The first kappa shape index (κ1) is 20.5. The highest BCUT2D eigenvalue weighted by atomic mass is 19.4. The van der Waals surface area contributed by atoms with E-state index in [-0.39, 0.29) is 23.5 Å². The molecule has 0 bridgehead atoms. The van der Waals surface area contributed by atoms with Crippen molar-refractivity contribution in [1.29, 1.82) is 0 Å². The molecule has 1 aromatic carbocycles. The SMILES string of the molecule is CCCCn1nc(C(=O)NCc2ccc(OCC(F)(F)F)cc2)ccc1=O. The molecule has 0 spiro atoms. The predicted octanol–water partition coefficient (Wildman–Crippen LogP) is 2.91. The Morgan fingerprint density at radius 1 is 1.19 bits per heavy atom. The molecule has 1 heterocycles. The number of benzene rings is 1. The van der Waals surface area contributed by atoms with E-state index < -0.39 is 18.7 Å². The standard InChI is InChI=1S/C18H20F3N3O3/c1-2-3-10-24-16(25)9-8-15(23-24)17(26)22-11-13-4-6-14(7-5-13)27-12-18(19,20)21/h4-9H,2-3,10-12H2,1H3,(H,22,26). The fourth-order valence-corrected chi connectivity index (χ4v) is 2.18. The number of unbranched alkanes of at least 4 members (excludes halogenated alkanes) is 1. The Balaban J connectivity index is 1.92. The lowest BCUT2D eigenvalue weighted by molar-refractivity contribution is -0.153. The van der Waals surface area contributed by atoms with Crippen LogP contribution in [0.25, 0.3) is 0 Å². The summed E-state index contributed by atoms with van der Waals surface area (Å²) in [6, 6.07) is 8.56. The van der Waals surface area contributed by atoms with Crippen LogP contribution in [0.1, 0.15) is 35.8 Å². The van der Waals surface area contributed by atoms with E-state index in [0.717, 1.165) is 12.8 Å². The molecule has 0 aliphatic carbocycles. The van der Waals surface area contributed by atoms with Crippen molar-refractivity contribution in [3.05, 3.63) is 58.0 Å². The number of halogens is 3. The number of nitrogens with zero attached hydrogens (tertiary/aromatic N) is 2. The monoisotopic (exact) mass is 383 g/mol. The number of ether oxygens (including phenoxy) is 1. The van der Waals surface area contributed by atoms with Crippen molar-refractivity contribution in [2.24, 2.45) is 0 Å². The van der Waals surface area contributed by atoms with Gasteiger partial charge in [0.1, 0.15) is 11.4 Å². The average Bonchev–Trinajstić information content (AvgIpc) is 2.64. The van der Waals surface area contributed by atoms with Crippen LogP contribution >= 0.6 is 0 Å². The summed E-state index contributed by atoms with van der Waals surface area (Å²) in [5.41, 5.74) is 0.535. The first-order valence-electron chi connectivity index (χ1n) is 8.43. The summed E-state index contributed by atoms with van der Waals surface area (Å²) in [6.07, 6.45) is -2.72. The smallest absolute Gasteiger partial charge is 0.422 e. The molecule has 2 rings (SSSR count). The van der Waals surface area contributed by atoms with Crippen molar-refractivity contribution in [2.45, 2.75) is 39.0 Å². The number of alkyl halides is 3. The van der Waals surface area contributed by atoms with Gasteiger partial charge in [0.15, 0.2) is 6.61 Å². The zero-order valence-electron chi connectivity index (χ0n) is 14.8. The van der Waals surface area contributed by atoms with E-state index >= 15 is 0 Å². The fourth-order valence-electron chi connectivity index (χ4n) is 2.18. The van der Waals surface area contributed by atoms with E-state index in [2.05, 4.69) is 15.2 Å². The Labute approximate surface area is 154 Å². The topological polar surface area (TPSA) is 73.2 Å². The molecule has 2 aromatic rings. The number of aryl methyl sites for hydroxylation is 1. The lowest BCUT2D eigenvalue weighted by Crippen LogP contribution is -2.29. The minimum atomic E-state index is -4.40. The normalized spacial score (nSPS) is 11.3. The number of carbonyl (C=O) groups is 1. The number of aromatic nitrogens is 2. The molecular formula is C18H20F3N3O3. The first-order chi connectivity index (χ1) is 12.8. The third-order valence-electron chi connectivity index (χ3n) is 3.60. The summed E-state index contributed by atoms with van der Waals surface area (Å²) in [6.45, 7) is 1.23. The zero-order valence-corrected chi connectivity index (χ0v) is 14.8. The number of hydrogen-bond donors (Lipinski definition) is 1. The van der Waals surface area contributed by atoms with Crippen molar-refractivity contribution >= 4 is 5.91 Å². The maximum absolute atomic E-state index is 12.2. The summed E-state index contributed by atoms with van der Waals surface area (Å²) in [4.78, 5) is 23.9. The molecule has 1 aromatic heterocycles. The largest absolute Gasteiger partial charge is 0.484 e. The molecule has 0 unspecified atom stereocenters. The van der Waals surface area contributed by atoms with Crippen molar-refractivity contribution in [3.63, 3.8) is 0 Å². The van der Waals surface area contributed by atoms with Gasteiger partial charge in [0.05, 0.1) is 0 Å². The molecule has 146 valence electrons. The van der Waals surface area contributed by atoms with Crippen molar-refractivity contribution in [1.82, 2.24) is 15.1 Å². The average molecular weight is 383 g/mol. The van der Waals surface area contributed by atoms with Crippen molar-refractivity contribution < 1.29 is 22.7 Å². The third kappa shape index (κ3) is 6.76. The highest BCUT2D eigenvalue weighted by Crippen LogP contribution is 2.18. The molecule has 0 aliphatic heterocycles. The summed E-state index contributed by atoms with van der Waals surface area (Å²) < 4.78 is 42.2. The van der Waals surface area contributed by atoms with E-state index in [1.165, 1.54) is 28.9 Å². The van der Waals surface area contributed by atoms with Crippen LogP contribution in [0.15, 0.2) is 41.2 Å². The van der Waals surface area contributed by atoms with Gasteiger partial charge in [-0.3, -0.25) is 9.59 Å². The molecule has 1 amide bonds. The third-order valence-corrected chi connectivity index (χ3v) is 3.60. The number of carbonyl (C=O) groups excluding carboxylic acids is 1. The van der Waals surface area contributed by atoms with Crippen LogP contribution in [-0.4, -0.2) is 28.5 Å². The van der Waals surface area contributed by atoms with Crippen LogP contribution in [0.5, 0.6) is 5.75 Å². The highest BCUT2D eigenvalue weighted by molar-refractivity contribution is 5.91. The molecule has 0 saturated heterocycles. The highest BCUT2D eigenvalue weighted by Gasteiger charge is 2.28. The number of rotatable bonds is 8. The molecule has 6 nitrogen and oxygen atoms in total. The van der Waals surface area contributed by atoms with E-state index in [0.29, 0.717) is 12.1 Å². The molecular weight excluding hydrogens is 363 g/mol. The van der Waals surface area contributed by atoms with Crippen LogP contribution < -0.4 is 15.6 Å². The van der Waals surface area contributed by atoms with Gasteiger partial charge in [-0.1, -0.05) is 25.5 Å². The van der Waals surface area contributed by atoms with Crippen LogP contribution in [0.4, 0.5) is 13.2 Å². The maximum atomic E-state index is 12.2.